The Morgan fingerprint density at radius 2 is 1.23 bits per heavy atom. The molecule has 0 radical (unpaired) electrons. The van der Waals surface area contributed by atoms with Gasteiger partial charge in [0.05, 0.1) is 16.7 Å². The van der Waals surface area contributed by atoms with E-state index < -0.39 is 57.6 Å². The molecule has 0 fully saturated rings. The third-order valence-corrected chi connectivity index (χ3v) is 3.31. The molecule has 0 atom stereocenters. The zero-order valence-electron chi connectivity index (χ0n) is 12.8. The molecule has 1 amide bonds. The highest BCUT2D eigenvalue weighted by Gasteiger charge is 2.22. The molecule has 10 nitrogen and oxygen atoms in total. The van der Waals surface area contributed by atoms with Gasteiger partial charge in [0.15, 0.2) is 0 Å². The first-order valence-electron chi connectivity index (χ1n) is 6.83. The number of aromatic carboxylic acids is 3. The Morgan fingerprint density at radius 1 is 0.692 bits per heavy atom. The first kappa shape index (κ1) is 18.3. The van der Waals surface area contributed by atoms with E-state index in [4.69, 9.17) is 15.3 Å². The number of phenols is 2. The van der Waals surface area contributed by atoms with Gasteiger partial charge in [0.25, 0.3) is 5.91 Å². The van der Waals surface area contributed by atoms with Crippen LogP contribution in [0.1, 0.15) is 41.4 Å². The van der Waals surface area contributed by atoms with Gasteiger partial charge < -0.3 is 30.8 Å². The van der Waals surface area contributed by atoms with Crippen molar-refractivity contribution < 1.29 is 44.7 Å². The van der Waals surface area contributed by atoms with E-state index in [1.54, 1.807) is 0 Å². The van der Waals surface area contributed by atoms with Gasteiger partial charge in [-0.1, -0.05) is 0 Å². The lowest BCUT2D eigenvalue weighted by atomic mass is 10.1. The summed E-state index contributed by atoms with van der Waals surface area (Å²) < 4.78 is 0. The third-order valence-electron chi connectivity index (χ3n) is 3.31. The van der Waals surface area contributed by atoms with Gasteiger partial charge in [-0.2, -0.15) is 0 Å². The number of carbonyl (C=O) groups excluding carboxylic acids is 1. The lowest BCUT2D eigenvalue weighted by Gasteiger charge is -2.11. The van der Waals surface area contributed by atoms with Gasteiger partial charge in [-0.15, -0.1) is 0 Å². The number of hydrogen-bond acceptors (Lipinski definition) is 6. The van der Waals surface area contributed by atoms with Gasteiger partial charge in [-0.3, -0.25) is 4.79 Å². The summed E-state index contributed by atoms with van der Waals surface area (Å²) >= 11 is 0. The highest BCUT2D eigenvalue weighted by atomic mass is 16.4. The van der Waals surface area contributed by atoms with Gasteiger partial charge in [-0.05, 0) is 30.3 Å². The summed E-state index contributed by atoms with van der Waals surface area (Å²) in [5, 5.41) is 48.5. The van der Waals surface area contributed by atoms with E-state index in [1.807, 2.05) is 0 Å². The summed E-state index contributed by atoms with van der Waals surface area (Å²) in [6.07, 6.45) is 0. The molecule has 0 heterocycles. The zero-order valence-corrected chi connectivity index (χ0v) is 12.8. The molecule has 10 heteroatoms. The normalized spacial score (nSPS) is 10.2. The summed E-state index contributed by atoms with van der Waals surface area (Å²) in [6.45, 7) is 0. The maximum atomic E-state index is 12.2. The second-order valence-corrected chi connectivity index (χ2v) is 5.02. The molecule has 0 aliphatic heterocycles. The van der Waals surface area contributed by atoms with Crippen molar-refractivity contribution in [2.24, 2.45) is 0 Å². The molecule has 0 aromatic heterocycles. The topological polar surface area (TPSA) is 181 Å². The average molecular weight is 361 g/mol. The fourth-order valence-electron chi connectivity index (χ4n) is 2.14. The molecule has 0 aliphatic carbocycles. The molecule has 6 N–H and O–H groups in total. The summed E-state index contributed by atoms with van der Waals surface area (Å²) in [4.78, 5) is 45.4. The second-order valence-electron chi connectivity index (χ2n) is 5.02. The van der Waals surface area contributed by atoms with Crippen LogP contribution < -0.4 is 5.32 Å². The minimum Gasteiger partial charge on any atom is -0.508 e. The number of nitrogens with one attached hydrogen (secondary N) is 1. The van der Waals surface area contributed by atoms with Crippen molar-refractivity contribution in [2.45, 2.75) is 0 Å². The van der Waals surface area contributed by atoms with Gasteiger partial charge >= 0.3 is 17.9 Å². The Labute approximate surface area is 144 Å². The van der Waals surface area contributed by atoms with E-state index in [2.05, 4.69) is 5.32 Å². The summed E-state index contributed by atoms with van der Waals surface area (Å²) in [6, 6.07) is 4.54. The molecule has 134 valence electrons. The Hall–Kier alpha value is -4.08. The third kappa shape index (κ3) is 3.53. The van der Waals surface area contributed by atoms with Crippen LogP contribution in [0.3, 0.4) is 0 Å². The molecular weight excluding hydrogens is 350 g/mol. The van der Waals surface area contributed by atoms with Gasteiger partial charge in [0, 0.05) is 5.69 Å². The maximum absolute atomic E-state index is 12.2. The Balaban J connectivity index is 2.42. The lowest BCUT2D eigenvalue weighted by molar-refractivity contribution is 0.0651. The monoisotopic (exact) mass is 361 g/mol. The van der Waals surface area contributed by atoms with Gasteiger partial charge in [-0.25, -0.2) is 14.4 Å². The van der Waals surface area contributed by atoms with E-state index in [9.17, 15) is 29.4 Å². The molecule has 2 rings (SSSR count). The predicted octanol–water partition coefficient (Wildman–Crippen LogP) is 1.44. The number of phenolic OH excluding ortho intramolecular Hbond substituents is 1. The number of amides is 1. The highest BCUT2D eigenvalue weighted by Crippen LogP contribution is 2.29. The van der Waals surface area contributed by atoms with E-state index >= 15 is 0 Å². The number of carboxylic acids is 3. The minimum atomic E-state index is -1.58. The molecule has 0 aliphatic rings. The summed E-state index contributed by atoms with van der Waals surface area (Å²) in [7, 11) is 0. The van der Waals surface area contributed by atoms with Crippen LogP contribution in [0.25, 0.3) is 0 Å². The Bertz CT molecular complexity index is 949. The van der Waals surface area contributed by atoms with Crippen LogP contribution in [-0.2, 0) is 0 Å². The van der Waals surface area contributed by atoms with Crippen LogP contribution in [-0.4, -0.2) is 49.3 Å². The smallest absolute Gasteiger partial charge is 0.339 e. The van der Waals surface area contributed by atoms with Crippen molar-refractivity contribution in [1.29, 1.82) is 0 Å². The molecule has 0 unspecified atom stereocenters. The van der Waals surface area contributed by atoms with E-state index in [-0.39, 0.29) is 5.69 Å². The molecule has 0 saturated heterocycles. The van der Waals surface area contributed by atoms with Crippen LogP contribution in [0.2, 0.25) is 0 Å². The number of carboxylic acid groups (broad SMARTS) is 3. The Kier molecular flexibility index (Phi) is 4.78. The largest absolute Gasteiger partial charge is 0.508 e. The molecule has 0 spiro atoms. The van der Waals surface area contributed by atoms with Crippen molar-refractivity contribution in [3.8, 4) is 11.5 Å². The zero-order chi connectivity index (χ0) is 19.6. The van der Waals surface area contributed by atoms with Crippen molar-refractivity contribution in [1.82, 2.24) is 0 Å². The van der Waals surface area contributed by atoms with Crippen molar-refractivity contribution in [2.75, 3.05) is 5.32 Å². The van der Waals surface area contributed by atoms with Crippen LogP contribution in [0.4, 0.5) is 5.69 Å². The van der Waals surface area contributed by atoms with Gasteiger partial charge in [0.2, 0.25) is 0 Å². The van der Waals surface area contributed by atoms with Crippen LogP contribution >= 0.6 is 0 Å². The van der Waals surface area contributed by atoms with E-state index in [1.165, 1.54) is 0 Å². The Morgan fingerprint density at radius 3 is 1.77 bits per heavy atom. The first-order chi connectivity index (χ1) is 12.1. The van der Waals surface area contributed by atoms with Crippen molar-refractivity contribution >= 4 is 29.5 Å². The number of aromatic hydroxyl groups is 2. The lowest BCUT2D eigenvalue weighted by Crippen LogP contribution is -2.15. The standard InChI is InChI=1S/C16H11NO9/c18-7-4-10(12(19)11(5-7)16(25)26)13(20)17-6-1-2-8(14(21)22)9(3-6)15(23)24/h1-5,18-19H,(H,17,20)(H,21,22)(H,23,24)(H,25,26). The number of anilines is 1. The first-order valence-corrected chi connectivity index (χ1v) is 6.83. The van der Waals surface area contributed by atoms with Crippen molar-refractivity contribution in [3.63, 3.8) is 0 Å². The molecule has 0 saturated carbocycles. The van der Waals surface area contributed by atoms with Crippen molar-refractivity contribution in [3.05, 3.63) is 52.6 Å². The molecular formula is C16H11NO9. The predicted molar refractivity (Wildman–Crippen MR) is 85.0 cm³/mol. The number of rotatable bonds is 5. The maximum Gasteiger partial charge on any atom is 0.339 e. The van der Waals surface area contributed by atoms with Gasteiger partial charge in [0.1, 0.15) is 17.1 Å². The van der Waals surface area contributed by atoms with E-state index in [0.717, 1.165) is 30.3 Å². The molecule has 26 heavy (non-hydrogen) atoms. The molecule has 2 aromatic rings. The summed E-state index contributed by atoms with van der Waals surface area (Å²) in [5.41, 5.74) is -2.47. The SMILES string of the molecule is O=C(O)c1ccc(NC(=O)c2cc(O)cc(C(=O)O)c2O)cc1C(=O)O. The molecule has 2 aromatic carbocycles. The van der Waals surface area contributed by atoms with Crippen LogP contribution in [0.5, 0.6) is 11.5 Å². The molecule has 0 bridgehead atoms. The summed E-state index contributed by atoms with van der Waals surface area (Å²) in [5.74, 6) is -7.11. The van der Waals surface area contributed by atoms with Crippen LogP contribution in [0.15, 0.2) is 30.3 Å². The number of benzene rings is 2. The van der Waals surface area contributed by atoms with Crippen LogP contribution in [0, 0.1) is 0 Å². The number of carbonyl (C=O) groups is 4. The highest BCUT2D eigenvalue weighted by molar-refractivity contribution is 6.10. The fourth-order valence-corrected chi connectivity index (χ4v) is 2.14. The van der Waals surface area contributed by atoms with E-state index in [0.29, 0.717) is 0 Å². The second kappa shape index (κ2) is 6.81. The average Bonchev–Trinajstić information content (AvgIpc) is 2.55. The fraction of sp³-hybridized carbons (Fsp3) is 0. The quantitative estimate of drug-likeness (QED) is 0.429. The number of hydrogen-bond donors (Lipinski definition) is 6. The minimum absolute atomic E-state index is 0.114.